The highest BCUT2D eigenvalue weighted by atomic mass is 16.5. The van der Waals surface area contributed by atoms with Gasteiger partial charge in [-0.2, -0.15) is 0 Å². The molecule has 216 valence electrons. The summed E-state index contributed by atoms with van der Waals surface area (Å²) < 4.78 is 5.69. The van der Waals surface area contributed by atoms with E-state index in [-0.39, 0.29) is 17.8 Å². The number of nitrogens with zero attached hydrogens (tertiary/aromatic N) is 1. The molecule has 5 rings (SSSR count). The van der Waals surface area contributed by atoms with Gasteiger partial charge in [-0.25, -0.2) is 0 Å². The van der Waals surface area contributed by atoms with Crippen LogP contribution in [-0.2, 0) is 20.9 Å². The van der Waals surface area contributed by atoms with Crippen molar-refractivity contribution in [1.82, 2.24) is 4.98 Å². The van der Waals surface area contributed by atoms with Crippen LogP contribution in [-0.4, -0.2) is 23.4 Å². The van der Waals surface area contributed by atoms with Crippen LogP contribution in [0.1, 0.15) is 71.8 Å². The van der Waals surface area contributed by atoms with Gasteiger partial charge >= 0.3 is 5.97 Å². The Morgan fingerprint density at radius 1 is 1.00 bits per heavy atom. The van der Waals surface area contributed by atoms with E-state index in [9.17, 15) is 9.59 Å². The SMILES string of the molecule is CC.CCC1CC2CC(C)CC(C2)C1C(=O)OCc1ccccc1.NCCC(=O)Nc1ccc2cnccc2c1. The number of hydrogen-bond acceptors (Lipinski definition) is 5. The molecule has 1 aromatic heterocycles. The lowest BCUT2D eigenvalue weighted by atomic mass is 9.59. The molecule has 0 spiro atoms. The molecule has 2 aliphatic carbocycles. The summed E-state index contributed by atoms with van der Waals surface area (Å²) in [6.45, 7) is 9.35. The van der Waals surface area contributed by atoms with Crippen LogP contribution in [0.25, 0.3) is 10.8 Å². The quantitative estimate of drug-likeness (QED) is 0.302. The van der Waals surface area contributed by atoms with E-state index in [4.69, 9.17) is 10.5 Å². The van der Waals surface area contributed by atoms with Crippen molar-refractivity contribution in [3.05, 3.63) is 72.6 Å². The number of esters is 1. The second-order valence-corrected chi connectivity index (χ2v) is 11.0. The van der Waals surface area contributed by atoms with Crippen LogP contribution >= 0.6 is 0 Å². The molecule has 0 saturated heterocycles. The first-order valence-corrected chi connectivity index (χ1v) is 15.0. The molecular formula is C34H47N3O3. The molecule has 5 unspecified atom stereocenters. The number of aromatic nitrogens is 1. The lowest BCUT2D eigenvalue weighted by Crippen LogP contribution is -2.42. The first-order valence-electron chi connectivity index (χ1n) is 15.0. The normalized spacial score (nSPS) is 23.1. The fraction of sp³-hybridized carbons (Fsp3) is 0.500. The molecule has 40 heavy (non-hydrogen) atoms. The van der Waals surface area contributed by atoms with E-state index in [1.807, 2.05) is 68.4 Å². The average molecular weight is 546 g/mol. The number of carbonyl (C=O) groups is 2. The molecule has 0 radical (unpaired) electrons. The van der Waals surface area contributed by atoms with E-state index in [0.717, 1.165) is 40.3 Å². The molecule has 2 aliphatic rings. The van der Waals surface area contributed by atoms with Crippen molar-refractivity contribution >= 4 is 28.3 Å². The third-order valence-electron chi connectivity index (χ3n) is 8.04. The number of anilines is 1. The Labute approximate surface area is 240 Å². The smallest absolute Gasteiger partial charge is 0.309 e. The second-order valence-electron chi connectivity index (χ2n) is 11.0. The standard InChI is InChI=1S/C20H28O2.C12H13N3O.C2H6/c1-3-17-11-16-9-14(2)10-18(12-16)19(17)20(21)22-13-15-7-5-4-6-8-15;13-5-3-12(16)15-11-2-1-10-8-14-6-4-9(10)7-11;1-2/h4-8,14,16-19H,3,9-13H2,1-2H3;1-2,4,6-8H,3,5,13H2,(H,15,16);1-2H3. The van der Waals surface area contributed by atoms with Gasteiger partial charge in [0.25, 0.3) is 0 Å². The summed E-state index contributed by atoms with van der Waals surface area (Å²) >= 11 is 0. The summed E-state index contributed by atoms with van der Waals surface area (Å²) in [5.74, 6) is 2.81. The van der Waals surface area contributed by atoms with Crippen molar-refractivity contribution in [2.24, 2.45) is 35.3 Å². The maximum Gasteiger partial charge on any atom is 0.309 e. The predicted octanol–water partition coefficient (Wildman–Crippen LogP) is 7.38. The number of pyridine rings is 1. The van der Waals surface area contributed by atoms with Gasteiger partial charge in [0, 0.05) is 36.4 Å². The number of amides is 1. The maximum absolute atomic E-state index is 12.7. The molecule has 1 heterocycles. The fourth-order valence-electron chi connectivity index (χ4n) is 6.39. The van der Waals surface area contributed by atoms with Gasteiger partial charge in [0.15, 0.2) is 0 Å². The molecule has 0 aliphatic heterocycles. The molecule has 2 bridgehead atoms. The van der Waals surface area contributed by atoms with E-state index in [0.29, 0.717) is 31.4 Å². The van der Waals surface area contributed by atoms with Crippen molar-refractivity contribution in [3.63, 3.8) is 0 Å². The van der Waals surface area contributed by atoms with Crippen LogP contribution in [0.4, 0.5) is 5.69 Å². The highest BCUT2D eigenvalue weighted by Gasteiger charge is 2.45. The highest BCUT2D eigenvalue weighted by Crippen LogP contribution is 2.49. The highest BCUT2D eigenvalue weighted by molar-refractivity contribution is 5.94. The molecule has 2 fully saturated rings. The molecule has 1 amide bonds. The number of hydrogen-bond donors (Lipinski definition) is 2. The largest absolute Gasteiger partial charge is 0.461 e. The summed E-state index contributed by atoms with van der Waals surface area (Å²) in [5, 5.41) is 4.91. The Morgan fingerprint density at radius 2 is 1.77 bits per heavy atom. The van der Waals surface area contributed by atoms with Crippen molar-refractivity contribution < 1.29 is 14.3 Å². The Bertz CT molecular complexity index is 1200. The van der Waals surface area contributed by atoms with Gasteiger partial charge < -0.3 is 15.8 Å². The third-order valence-corrected chi connectivity index (χ3v) is 8.04. The lowest BCUT2D eigenvalue weighted by molar-refractivity contribution is -0.158. The van der Waals surface area contributed by atoms with Crippen LogP contribution in [0.5, 0.6) is 0 Å². The first-order chi connectivity index (χ1) is 19.5. The topological polar surface area (TPSA) is 94.3 Å². The molecule has 3 aromatic rings. The summed E-state index contributed by atoms with van der Waals surface area (Å²) in [6, 6.07) is 17.6. The molecular weight excluding hydrogens is 498 g/mol. The minimum absolute atomic E-state index is 0.0493. The summed E-state index contributed by atoms with van der Waals surface area (Å²) in [6.07, 6.45) is 10.0. The monoisotopic (exact) mass is 545 g/mol. The van der Waals surface area contributed by atoms with Gasteiger partial charge in [0.05, 0.1) is 5.92 Å². The summed E-state index contributed by atoms with van der Waals surface area (Å²) in [4.78, 5) is 28.1. The van der Waals surface area contributed by atoms with Gasteiger partial charge in [-0.1, -0.05) is 70.5 Å². The van der Waals surface area contributed by atoms with E-state index in [2.05, 4.69) is 24.1 Å². The molecule has 6 heteroatoms. The zero-order valence-electron chi connectivity index (χ0n) is 24.6. The lowest BCUT2D eigenvalue weighted by Gasteiger charge is -2.46. The zero-order valence-corrected chi connectivity index (χ0v) is 24.6. The number of benzene rings is 2. The summed E-state index contributed by atoms with van der Waals surface area (Å²) in [7, 11) is 0. The van der Waals surface area contributed by atoms with E-state index >= 15 is 0 Å². The Balaban J connectivity index is 0.000000217. The van der Waals surface area contributed by atoms with Gasteiger partial charge in [-0.15, -0.1) is 0 Å². The number of ether oxygens (including phenoxy) is 1. The maximum atomic E-state index is 12.7. The van der Waals surface area contributed by atoms with Crippen LogP contribution in [0.15, 0.2) is 67.0 Å². The van der Waals surface area contributed by atoms with Gasteiger partial charge in [0.1, 0.15) is 6.61 Å². The van der Waals surface area contributed by atoms with Gasteiger partial charge in [-0.05, 0) is 78.5 Å². The number of nitrogens with one attached hydrogen (secondary N) is 1. The number of carbonyl (C=O) groups excluding carboxylic acids is 2. The molecule has 2 aromatic carbocycles. The third kappa shape index (κ3) is 8.88. The Morgan fingerprint density at radius 3 is 2.50 bits per heavy atom. The minimum atomic E-state index is -0.0593. The van der Waals surface area contributed by atoms with Gasteiger partial charge in [-0.3, -0.25) is 14.6 Å². The van der Waals surface area contributed by atoms with Crippen LogP contribution in [0.3, 0.4) is 0 Å². The van der Waals surface area contributed by atoms with Crippen molar-refractivity contribution in [2.45, 2.75) is 72.8 Å². The van der Waals surface area contributed by atoms with Crippen molar-refractivity contribution in [3.8, 4) is 0 Å². The fourth-order valence-corrected chi connectivity index (χ4v) is 6.39. The zero-order chi connectivity index (χ0) is 28.9. The van der Waals surface area contributed by atoms with Crippen LogP contribution in [0.2, 0.25) is 0 Å². The summed E-state index contributed by atoms with van der Waals surface area (Å²) in [5.41, 5.74) is 7.17. The van der Waals surface area contributed by atoms with Crippen molar-refractivity contribution in [2.75, 3.05) is 11.9 Å². The second kappa shape index (κ2) is 16.1. The Kier molecular flexibility index (Phi) is 12.6. The number of fused-ring (bicyclic) bond motifs is 3. The number of rotatable bonds is 7. The Hall–Kier alpha value is -3.25. The van der Waals surface area contributed by atoms with Crippen LogP contribution < -0.4 is 11.1 Å². The molecule has 6 nitrogen and oxygen atoms in total. The van der Waals surface area contributed by atoms with Gasteiger partial charge in [0.2, 0.25) is 5.91 Å². The van der Waals surface area contributed by atoms with Crippen LogP contribution in [0, 0.1) is 29.6 Å². The minimum Gasteiger partial charge on any atom is -0.461 e. The van der Waals surface area contributed by atoms with E-state index in [1.54, 1.807) is 12.4 Å². The molecule has 5 atom stereocenters. The van der Waals surface area contributed by atoms with E-state index in [1.165, 1.54) is 25.7 Å². The average Bonchev–Trinajstić information content (AvgIpc) is 2.97. The molecule has 3 N–H and O–H groups in total. The number of nitrogens with two attached hydrogens (primary N) is 1. The van der Waals surface area contributed by atoms with E-state index < -0.39 is 0 Å². The molecule has 2 saturated carbocycles. The first kappa shape index (κ1) is 31.3. The van der Waals surface area contributed by atoms with Crippen molar-refractivity contribution in [1.29, 1.82) is 0 Å². The predicted molar refractivity (Wildman–Crippen MR) is 164 cm³/mol.